The van der Waals surface area contributed by atoms with Gasteiger partial charge in [-0.15, -0.1) is 0 Å². The maximum absolute atomic E-state index is 3.50. The van der Waals surface area contributed by atoms with E-state index in [9.17, 15) is 0 Å². The van der Waals surface area contributed by atoms with Gasteiger partial charge in [0.2, 0.25) is 0 Å². The van der Waals surface area contributed by atoms with Gasteiger partial charge in [-0.25, -0.2) is 0 Å². The quantitative estimate of drug-likeness (QED) is 0.788. The molecule has 3 heteroatoms. The predicted octanol–water partition coefficient (Wildman–Crippen LogP) is 4.18. The van der Waals surface area contributed by atoms with Gasteiger partial charge in [0.25, 0.3) is 0 Å². The van der Waals surface area contributed by atoms with E-state index in [0.717, 1.165) is 17.4 Å². The molecule has 0 heterocycles. The number of hydrogen-bond acceptors (Lipinski definition) is 2. The zero-order valence-electron chi connectivity index (χ0n) is 9.35. The Labute approximate surface area is 105 Å². The van der Waals surface area contributed by atoms with Crippen LogP contribution < -0.4 is 5.32 Å². The molecule has 1 rings (SSSR count). The van der Waals surface area contributed by atoms with Crippen LogP contribution in [0.1, 0.15) is 18.9 Å². The minimum atomic E-state index is 1.06. The maximum Gasteiger partial charge on any atom is 0.0373 e. The Morgan fingerprint density at radius 2 is 2.20 bits per heavy atom. The average Bonchev–Trinajstić information content (AvgIpc) is 2.26. The zero-order chi connectivity index (χ0) is 11.1. The van der Waals surface area contributed by atoms with E-state index in [0.29, 0.717) is 0 Å². The molecule has 1 aromatic carbocycles. The van der Waals surface area contributed by atoms with Crippen molar-refractivity contribution in [3.8, 4) is 0 Å². The Morgan fingerprint density at radius 3 is 2.87 bits per heavy atom. The van der Waals surface area contributed by atoms with Gasteiger partial charge in [0.15, 0.2) is 0 Å². The molecule has 0 saturated heterocycles. The number of thioether (sulfide) groups is 1. The van der Waals surface area contributed by atoms with Crippen molar-refractivity contribution in [1.29, 1.82) is 0 Å². The van der Waals surface area contributed by atoms with Gasteiger partial charge in [0.05, 0.1) is 0 Å². The molecule has 0 fully saturated rings. The summed E-state index contributed by atoms with van der Waals surface area (Å²) < 4.78 is 1.16. The highest BCUT2D eigenvalue weighted by atomic mass is 79.9. The van der Waals surface area contributed by atoms with Crippen LogP contribution in [0.25, 0.3) is 0 Å². The fourth-order valence-corrected chi connectivity index (χ4v) is 2.31. The van der Waals surface area contributed by atoms with E-state index in [1.165, 1.54) is 23.4 Å². The Kier molecular flexibility index (Phi) is 6.18. The zero-order valence-corrected chi connectivity index (χ0v) is 11.7. The minimum absolute atomic E-state index is 1.06. The second-order valence-corrected chi connectivity index (χ2v) is 5.33. The summed E-state index contributed by atoms with van der Waals surface area (Å²) in [7, 11) is 0. The van der Waals surface area contributed by atoms with Crippen molar-refractivity contribution in [3.05, 3.63) is 28.2 Å². The highest BCUT2D eigenvalue weighted by Gasteiger charge is 2.00. The third kappa shape index (κ3) is 4.47. The highest BCUT2D eigenvalue weighted by molar-refractivity contribution is 9.10. The third-order valence-electron chi connectivity index (χ3n) is 2.29. The number of aryl methyl sites for hydroxylation is 1. The van der Waals surface area contributed by atoms with Crippen molar-refractivity contribution in [3.63, 3.8) is 0 Å². The van der Waals surface area contributed by atoms with Crippen molar-refractivity contribution >= 4 is 33.4 Å². The number of benzene rings is 1. The molecule has 1 nitrogen and oxygen atoms in total. The van der Waals surface area contributed by atoms with Crippen LogP contribution in [0, 0.1) is 0 Å². The number of rotatable bonds is 6. The SMILES string of the molecule is CCc1cc(Br)ccc1NCCCSC. The van der Waals surface area contributed by atoms with E-state index in [1.807, 2.05) is 11.8 Å². The number of halogens is 1. The Bertz CT molecular complexity index is 302. The van der Waals surface area contributed by atoms with Gasteiger partial charge in [0.1, 0.15) is 0 Å². The monoisotopic (exact) mass is 287 g/mol. The van der Waals surface area contributed by atoms with E-state index in [2.05, 4.69) is 52.6 Å². The molecule has 0 radical (unpaired) electrons. The van der Waals surface area contributed by atoms with E-state index < -0.39 is 0 Å². The van der Waals surface area contributed by atoms with E-state index in [1.54, 1.807) is 0 Å². The molecule has 0 aromatic heterocycles. The number of anilines is 1. The second kappa shape index (κ2) is 7.18. The van der Waals surface area contributed by atoms with Crippen LogP contribution in [0.3, 0.4) is 0 Å². The summed E-state index contributed by atoms with van der Waals surface area (Å²) in [5, 5.41) is 3.49. The lowest BCUT2D eigenvalue weighted by atomic mass is 10.1. The summed E-state index contributed by atoms with van der Waals surface area (Å²) in [4.78, 5) is 0. The summed E-state index contributed by atoms with van der Waals surface area (Å²) in [5.74, 6) is 1.23. The first-order chi connectivity index (χ1) is 7.27. The second-order valence-electron chi connectivity index (χ2n) is 3.43. The molecule has 84 valence electrons. The summed E-state index contributed by atoms with van der Waals surface area (Å²) in [6.45, 7) is 3.25. The van der Waals surface area contributed by atoms with E-state index in [-0.39, 0.29) is 0 Å². The Morgan fingerprint density at radius 1 is 1.40 bits per heavy atom. The molecule has 0 aliphatic carbocycles. The summed E-state index contributed by atoms with van der Waals surface area (Å²) in [6, 6.07) is 6.44. The first-order valence-electron chi connectivity index (χ1n) is 5.29. The van der Waals surface area contributed by atoms with Crippen LogP contribution in [0.2, 0.25) is 0 Å². The topological polar surface area (TPSA) is 12.0 Å². The van der Waals surface area contributed by atoms with Gasteiger partial charge < -0.3 is 5.32 Å². The number of nitrogens with one attached hydrogen (secondary N) is 1. The van der Waals surface area contributed by atoms with Crippen LogP contribution in [-0.2, 0) is 6.42 Å². The average molecular weight is 288 g/mol. The van der Waals surface area contributed by atoms with Gasteiger partial charge in [-0.1, -0.05) is 22.9 Å². The molecule has 0 bridgehead atoms. The summed E-state index contributed by atoms with van der Waals surface area (Å²) in [6.07, 6.45) is 4.45. The fraction of sp³-hybridized carbons (Fsp3) is 0.500. The summed E-state index contributed by atoms with van der Waals surface area (Å²) >= 11 is 5.40. The first-order valence-corrected chi connectivity index (χ1v) is 7.47. The molecule has 15 heavy (non-hydrogen) atoms. The van der Waals surface area contributed by atoms with Crippen molar-refractivity contribution < 1.29 is 0 Å². The van der Waals surface area contributed by atoms with Crippen molar-refractivity contribution in [2.24, 2.45) is 0 Å². The molecular weight excluding hydrogens is 270 g/mol. The lowest BCUT2D eigenvalue weighted by Crippen LogP contribution is -2.04. The lowest BCUT2D eigenvalue weighted by molar-refractivity contribution is 0.984. The standard InChI is InChI=1S/C12H18BrNS/c1-3-10-9-11(13)5-6-12(10)14-7-4-8-15-2/h5-6,9,14H,3-4,7-8H2,1-2H3. The van der Waals surface area contributed by atoms with Gasteiger partial charge >= 0.3 is 0 Å². The molecular formula is C12H18BrNS. The first kappa shape index (κ1) is 12.9. The lowest BCUT2D eigenvalue weighted by Gasteiger charge is -2.11. The molecule has 0 saturated carbocycles. The van der Waals surface area contributed by atoms with Crippen LogP contribution >= 0.6 is 27.7 Å². The number of hydrogen-bond donors (Lipinski definition) is 1. The molecule has 0 atom stereocenters. The summed E-state index contributed by atoms with van der Waals surface area (Å²) in [5.41, 5.74) is 2.66. The van der Waals surface area contributed by atoms with E-state index >= 15 is 0 Å². The molecule has 0 amide bonds. The van der Waals surface area contributed by atoms with Gasteiger partial charge in [0, 0.05) is 16.7 Å². The Hall–Kier alpha value is -0.150. The van der Waals surface area contributed by atoms with E-state index in [4.69, 9.17) is 0 Å². The molecule has 0 spiro atoms. The minimum Gasteiger partial charge on any atom is -0.385 e. The van der Waals surface area contributed by atoms with Crippen LogP contribution in [-0.4, -0.2) is 18.6 Å². The van der Waals surface area contributed by atoms with Crippen LogP contribution in [0.15, 0.2) is 22.7 Å². The molecule has 0 aliphatic rings. The van der Waals surface area contributed by atoms with Crippen molar-refractivity contribution in [1.82, 2.24) is 0 Å². The van der Waals surface area contributed by atoms with Crippen LogP contribution in [0.4, 0.5) is 5.69 Å². The van der Waals surface area contributed by atoms with Crippen LogP contribution in [0.5, 0.6) is 0 Å². The fourth-order valence-electron chi connectivity index (χ4n) is 1.47. The molecule has 1 N–H and O–H groups in total. The van der Waals surface area contributed by atoms with Gasteiger partial charge in [-0.2, -0.15) is 11.8 Å². The molecule has 0 aliphatic heterocycles. The largest absolute Gasteiger partial charge is 0.385 e. The van der Waals surface area contributed by atoms with Crippen molar-refractivity contribution in [2.75, 3.05) is 23.9 Å². The normalized spacial score (nSPS) is 10.3. The molecule has 1 aromatic rings. The predicted molar refractivity (Wildman–Crippen MR) is 75.0 cm³/mol. The maximum atomic E-state index is 3.50. The van der Waals surface area contributed by atoms with Crippen molar-refractivity contribution in [2.45, 2.75) is 19.8 Å². The Balaban J connectivity index is 2.52. The van der Waals surface area contributed by atoms with Gasteiger partial charge in [-0.05, 0) is 48.6 Å². The van der Waals surface area contributed by atoms with Gasteiger partial charge in [-0.3, -0.25) is 0 Å². The highest BCUT2D eigenvalue weighted by Crippen LogP contribution is 2.21. The third-order valence-corrected chi connectivity index (χ3v) is 3.48. The molecule has 0 unspecified atom stereocenters. The smallest absolute Gasteiger partial charge is 0.0373 e.